The minimum absolute atomic E-state index is 0. The molecule has 0 bridgehead atoms. The van der Waals surface area contributed by atoms with Gasteiger partial charge in [0.2, 0.25) is 11.8 Å². The molecule has 0 spiro atoms. The Morgan fingerprint density at radius 3 is 0.662 bits per heavy atom. The molecule has 0 rings (SSSR count). The van der Waals surface area contributed by atoms with Gasteiger partial charge in [-0.1, -0.05) is 278 Å². The summed E-state index contributed by atoms with van der Waals surface area (Å²) < 4.78 is 0. The summed E-state index contributed by atoms with van der Waals surface area (Å²) in [7, 11) is 8.60. The molecule has 0 aromatic carbocycles. The first kappa shape index (κ1) is 76.1. The zero-order chi connectivity index (χ0) is 52.1. The van der Waals surface area contributed by atoms with Crippen molar-refractivity contribution < 1.29 is 41.7 Å². The van der Waals surface area contributed by atoms with E-state index in [4.69, 9.17) is 0 Å². The Morgan fingerprint density at radius 1 is 0.296 bits per heavy atom. The molecule has 0 aromatic rings. The van der Waals surface area contributed by atoms with Crippen molar-refractivity contribution >= 4 is 17.8 Å². The molecule has 0 radical (unpaired) electrons. The van der Waals surface area contributed by atoms with Gasteiger partial charge in [-0.15, -0.1) is 0 Å². The van der Waals surface area contributed by atoms with Gasteiger partial charge in [-0.3, -0.25) is 9.59 Å². The van der Waals surface area contributed by atoms with Crippen LogP contribution in [0.15, 0.2) is 0 Å². The maximum atomic E-state index is 11.7. The Hall–Kier alpha value is -1.38. The lowest BCUT2D eigenvalue weighted by molar-refractivity contribution is -0.858. The van der Waals surface area contributed by atoms with Gasteiger partial charge in [-0.2, -0.15) is 0 Å². The van der Waals surface area contributed by atoms with Crippen molar-refractivity contribution in [3.8, 4) is 0 Å². The molecule has 2 amide bonds. The maximum Gasteiger partial charge on any atom is 0.219 e. The topological polar surface area (TPSA) is 107 Å². The number of hydrogen-bond donors (Lipinski definition) is 4. The molecule has 0 atom stereocenters. The Morgan fingerprint density at radius 2 is 0.479 bits per heavy atom. The van der Waals surface area contributed by atoms with E-state index in [9.17, 15) is 19.5 Å². The van der Waals surface area contributed by atoms with E-state index < -0.39 is 5.97 Å². The lowest BCUT2D eigenvalue weighted by Gasteiger charge is -2.08. The molecule has 0 aromatic heterocycles. The van der Waals surface area contributed by atoms with Crippen LogP contribution < -0.4 is 37.9 Å². The first-order valence-corrected chi connectivity index (χ1v) is 31.4. The molecule has 8 nitrogen and oxygen atoms in total. The largest absolute Gasteiger partial charge is 1.00 e. The van der Waals surface area contributed by atoms with Gasteiger partial charge < -0.3 is 42.7 Å². The number of amides is 2. The van der Waals surface area contributed by atoms with Gasteiger partial charge in [0.05, 0.1) is 41.3 Å². The number of carboxylic acid groups (broad SMARTS) is 1. The molecule has 9 heteroatoms. The number of halogens is 1. The summed E-state index contributed by atoms with van der Waals surface area (Å²) >= 11 is 0. The highest BCUT2D eigenvalue weighted by molar-refractivity contribution is 5.76. The Bertz CT molecular complexity index is 958. The van der Waals surface area contributed by atoms with Crippen LogP contribution >= 0.6 is 0 Å². The quantitative estimate of drug-likeness (QED) is 0.0455. The Kier molecular flexibility index (Phi) is 73.6. The molecule has 0 fully saturated rings. The SMILES string of the molecule is CCCCCCCCCCCCCCCC(=O)[O-].CCCCCCCCCCCCCCCCCC(=O)NCCC[NH+](C)C.CCCCCCCCCCCCCCCCCC(=O)NCCC[NH+](C)C.[Cl-]. The third kappa shape index (κ3) is 80.2. The molecular formula is C62H129ClN4O4. The number of carbonyl (C=O) groups excluding carboxylic acids is 3. The summed E-state index contributed by atoms with van der Waals surface area (Å²) in [5.74, 6) is -0.417. The van der Waals surface area contributed by atoms with Gasteiger partial charge in [0.15, 0.2) is 0 Å². The van der Waals surface area contributed by atoms with Crippen LogP contribution in [0.5, 0.6) is 0 Å². The predicted molar refractivity (Wildman–Crippen MR) is 305 cm³/mol. The van der Waals surface area contributed by atoms with Gasteiger partial charge in [0.1, 0.15) is 0 Å². The van der Waals surface area contributed by atoms with Gasteiger partial charge in [-0.25, -0.2) is 0 Å². The molecule has 4 N–H and O–H groups in total. The third-order valence-electron chi connectivity index (χ3n) is 13.9. The fourth-order valence-electron chi connectivity index (χ4n) is 9.12. The Labute approximate surface area is 451 Å². The van der Waals surface area contributed by atoms with E-state index in [1.807, 2.05) is 0 Å². The number of nitrogens with one attached hydrogen (secondary N) is 4. The van der Waals surface area contributed by atoms with E-state index in [1.165, 1.54) is 260 Å². The second-order valence-corrected chi connectivity index (χ2v) is 22.1. The van der Waals surface area contributed by atoms with E-state index in [1.54, 1.807) is 0 Å². The number of unbranched alkanes of at least 4 members (excludes halogenated alkanes) is 40. The van der Waals surface area contributed by atoms with Crippen molar-refractivity contribution in [2.45, 2.75) is 329 Å². The van der Waals surface area contributed by atoms with Crippen molar-refractivity contribution in [1.29, 1.82) is 0 Å². The summed E-state index contributed by atoms with van der Waals surface area (Å²) in [6.07, 6.45) is 61.7. The van der Waals surface area contributed by atoms with Crippen LogP contribution in [-0.2, 0) is 14.4 Å². The van der Waals surface area contributed by atoms with Gasteiger partial charge >= 0.3 is 0 Å². The second-order valence-electron chi connectivity index (χ2n) is 22.1. The van der Waals surface area contributed by atoms with Crippen molar-refractivity contribution in [3.05, 3.63) is 0 Å². The van der Waals surface area contributed by atoms with Crippen molar-refractivity contribution in [1.82, 2.24) is 10.6 Å². The fourth-order valence-corrected chi connectivity index (χ4v) is 9.12. The summed E-state index contributed by atoms with van der Waals surface area (Å²) in [6, 6.07) is 0. The van der Waals surface area contributed by atoms with E-state index in [0.717, 1.165) is 64.7 Å². The number of rotatable bonds is 54. The average molecular weight is 1030 g/mol. The lowest BCUT2D eigenvalue weighted by atomic mass is 10.0. The van der Waals surface area contributed by atoms with Crippen LogP contribution in [0.3, 0.4) is 0 Å². The lowest BCUT2D eigenvalue weighted by Crippen LogP contribution is -3.05. The normalized spacial score (nSPS) is 10.9. The number of carboxylic acids is 1. The number of carbonyl (C=O) groups is 3. The number of hydrogen-bond acceptors (Lipinski definition) is 4. The van der Waals surface area contributed by atoms with Gasteiger partial charge in [0.25, 0.3) is 0 Å². The highest BCUT2D eigenvalue weighted by atomic mass is 35.5. The molecule has 0 aliphatic rings. The van der Waals surface area contributed by atoms with Crippen molar-refractivity contribution in [2.75, 3.05) is 54.4 Å². The second kappa shape index (κ2) is 68.6. The summed E-state index contributed by atoms with van der Waals surface area (Å²) in [6.45, 7) is 10.7. The third-order valence-corrected chi connectivity index (χ3v) is 13.9. The highest BCUT2D eigenvalue weighted by Crippen LogP contribution is 2.16. The van der Waals surface area contributed by atoms with E-state index >= 15 is 0 Å². The van der Waals surface area contributed by atoms with Crippen LogP contribution in [0.2, 0.25) is 0 Å². The fraction of sp³-hybridized carbons (Fsp3) is 0.952. The summed E-state index contributed by atoms with van der Waals surface area (Å²) in [5.41, 5.74) is 0. The van der Waals surface area contributed by atoms with E-state index in [2.05, 4.69) is 59.6 Å². The molecule has 71 heavy (non-hydrogen) atoms. The average Bonchev–Trinajstić information content (AvgIpc) is 3.33. The molecule has 0 aliphatic carbocycles. The highest BCUT2D eigenvalue weighted by Gasteiger charge is 2.04. The standard InChI is InChI=1S/2C23H48N2O.C16H32O2.ClH/c2*1-4-5-6-7-8-9-10-11-12-13-14-15-16-17-18-20-23(26)24-21-19-22-25(2)3;1-2-3-4-5-6-7-8-9-10-11-12-13-14-15-16(17)18;/h2*4-22H2,1-3H3,(H,24,26);2-15H2,1H3,(H,17,18);1H. The van der Waals surface area contributed by atoms with Crippen LogP contribution in [-0.4, -0.2) is 72.2 Å². The predicted octanol–water partition coefficient (Wildman–Crippen LogP) is 11.0. The van der Waals surface area contributed by atoms with Gasteiger partial charge in [0, 0.05) is 44.7 Å². The molecule has 0 saturated carbocycles. The first-order chi connectivity index (χ1) is 34.1. The zero-order valence-corrected chi connectivity index (χ0v) is 50.0. The first-order valence-electron chi connectivity index (χ1n) is 31.4. The summed E-state index contributed by atoms with van der Waals surface area (Å²) in [4.78, 5) is 36.5. The van der Waals surface area contributed by atoms with Crippen molar-refractivity contribution in [3.63, 3.8) is 0 Å². The van der Waals surface area contributed by atoms with Crippen molar-refractivity contribution in [2.24, 2.45) is 0 Å². The molecule has 0 saturated heterocycles. The minimum Gasteiger partial charge on any atom is -1.00 e. The molecular weight excluding hydrogens is 900 g/mol. The maximum absolute atomic E-state index is 11.7. The van der Waals surface area contributed by atoms with Gasteiger partial charge in [-0.05, 0) is 25.7 Å². The zero-order valence-electron chi connectivity index (χ0n) is 49.3. The smallest absolute Gasteiger partial charge is 0.219 e. The van der Waals surface area contributed by atoms with Crippen LogP contribution in [0, 0.1) is 0 Å². The summed E-state index contributed by atoms with van der Waals surface area (Å²) in [5, 5.41) is 16.3. The number of aliphatic carboxylic acids is 1. The Balaban J connectivity index is -0.000000480. The van der Waals surface area contributed by atoms with Crippen LogP contribution in [0.25, 0.3) is 0 Å². The molecule has 428 valence electrons. The number of quaternary nitrogens is 2. The molecule has 0 aliphatic heterocycles. The van der Waals surface area contributed by atoms with Crippen LogP contribution in [0.4, 0.5) is 0 Å². The molecule has 0 heterocycles. The van der Waals surface area contributed by atoms with E-state index in [-0.39, 0.29) is 30.6 Å². The molecule has 0 unspecified atom stereocenters. The minimum atomic E-state index is -0.905. The van der Waals surface area contributed by atoms with Crippen LogP contribution in [0.1, 0.15) is 329 Å². The monoisotopic (exact) mass is 1030 g/mol. The van der Waals surface area contributed by atoms with E-state index in [0.29, 0.717) is 12.8 Å².